The van der Waals surface area contributed by atoms with Gasteiger partial charge in [0.1, 0.15) is 12.9 Å². The van der Waals surface area contributed by atoms with E-state index in [0.717, 1.165) is 43.4 Å². The van der Waals surface area contributed by atoms with E-state index in [9.17, 15) is 9.90 Å². The van der Waals surface area contributed by atoms with Crippen LogP contribution in [0.3, 0.4) is 0 Å². The van der Waals surface area contributed by atoms with E-state index in [1.807, 2.05) is 6.92 Å². The van der Waals surface area contributed by atoms with E-state index in [1.54, 1.807) is 11.0 Å². The fourth-order valence-electron chi connectivity index (χ4n) is 9.26. The number of aliphatic hydroxyl groups is 1. The number of tetrazole rings is 1. The van der Waals surface area contributed by atoms with Crippen LogP contribution < -0.4 is 0 Å². The Morgan fingerprint density at radius 2 is 1.87 bits per heavy atom. The van der Waals surface area contributed by atoms with Crippen molar-refractivity contribution >= 4 is 5.78 Å². The van der Waals surface area contributed by atoms with Crippen LogP contribution >= 0.6 is 0 Å². The zero-order chi connectivity index (χ0) is 21.4. The Morgan fingerprint density at radius 1 is 1.10 bits per heavy atom. The van der Waals surface area contributed by atoms with E-state index in [4.69, 9.17) is 4.74 Å². The van der Waals surface area contributed by atoms with Gasteiger partial charge in [-0.2, -0.15) is 0 Å². The summed E-state index contributed by atoms with van der Waals surface area (Å²) in [5.74, 6) is 4.40. The summed E-state index contributed by atoms with van der Waals surface area (Å²) in [5, 5.41) is 22.3. The molecule has 5 aliphatic rings. The zero-order valence-corrected chi connectivity index (χ0v) is 18.8. The van der Waals surface area contributed by atoms with Gasteiger partial charge in [-0.05, 0) is 104 Å². The van der Waals surface area contributed by atoms with Crippen LogP contribution in [0.5, 0.6) is 0 Å². The van der Waals surface area contributed by atoms with Crippen LogP contribution in [0.25, 0.3) is 0 Å². The number of rotatable bonds is 5. The Kier molecular flexibility index (Phi) is 4.63. The first kappa shape index (κ1) is 20.3. The molecule has 6 rings (SSSR count). The first-order valence-electron chi connectivity index (χ1n) is 12.5. The number of nitrogens with zero attached hydrogens (tertiary/aromatic N) is 4. The highest BCUT2D eigenvalue weighted by molar-refractivity contribution is 5.82. The van der Waals surface area contributed by atoms with Crippen LogP contribution in [0, 0.1) is 46.8 Å². The van der Waals surface area contributed by atoms with Gasteiger partial charge >= 0.3 is 0 Å². The molecule has 0 spiro atoms. The molecule has 7 nitrogen and oxygen atoms in total. The van der Waals surface area contributed by atoms with Crippen LogP contribution in [-0.2, 0) is 16.1 Å². The van der Waals surface area contributed by atoms with Crippen molar-refractivity contribution in [2.45, 2.75) is 83.5 Å². The molecule has 0 saturated heterocycles. The van der Waals surface area contributed by atoms with Gasteiger partial charge in [-0.1, -0.05) is 6.92 Å². The van der Waals surface area contributed by atoms with Gasteiger partial charge in [-0.15, -0.1) is 5.10 Å². The molecule has 5 fully saturated rings. The monoisotopic (exact) mass is 428 g/mol. The van der Waals surface area contributed by atoms with Crippen molar-refractivity contribution < 1.29 is 14.6 Å². The lowest BCUT2D eigenvalue weighted by Gasteiger charge is -2.55. The Bertz CT molecular complexity index is 846. The summed E-state index contributed by atoms with van der Waals surface area (Å²) in [6.07, 6.45) is 10.8. The molecule has 1 aromatic rings. The van der Waals surface area contributed by atoms with Crippen LogP contribution in [0.2, 0.25) is 0 Å². The highest BCUT2D eigenvalue weighted by atomic mass is 16.5. The smallest absolute Gasteiger partial charge is 0.158 e. The maximum atomic E-state index is 13.2. The number of fused-ring (bicyclic) bond motifs is 7. The molecule has 0 bridgehead atoms. The van der Waals surface area contributed by atoms with Gasteiger partial charge in [0.15, 0.2) is 5.78 Å². The fourth-order valence-corrected chi connectivity index (χ4v) is 9.26. The third kappa shape index (κ3) is 2.84. The SMILES string of the molecule is CCOC1C2[C@@H]3CC[C@@H]4[C@H](CC[C@]5(C)[C@@H](C(=O)Cn6cnnn6)CC[C@@H]45)[C@H]3CC[C@]12O. The number of carbonyl (C=O) groups excluding carboxylic acids is 1. The Hall–Kier alpha value is -1.34. The summed E-state index contributed by atoms with van der Waals surface area (Å²) in [4.78, 5) is 13.2. The van der Waals surface area contributed by atoms with Gasteiger partial charge in [-0.3, -0.25) is 4.79 Å². The van der Waals surface area contributed by atoms with Crippen molar-refractivity contribution in [3.05, 3.63) is 6.33 Å². The molecule has 0 aliphatic heterocycles. The first-order valence-corrected chi connectivity index (χ1v) is 12.5. The molecule has 1 heterocycles. The second-order valence-corrected chi connectivity index (χ2v) is 11.4. The summed E-state index contributed by atoms with van der Waals surface area (Å²) in [5.41, 5.74) is -0.407. The number of ether oxygens (including phenoxy) is 1. The Morgan fingerprint density at radius 3 is 2.65 bits per heavy atom. The van der Waals surface area contributed by atoms with E-state index in [1.165, 1.54) is 25.7 Å². The number of aromatic nitrogens is 4. The van der Waals surface area contributed by atoms with Crippen molar-refractivity contribution in [3.63, 3.8) is 0 Å². The van der Waals surface area contributed by atoms with Crippen molar-refractivity contribution in [2.75, 3.05) is 6.61 Å². The van der Waals surface area contributed by atoms with Gasteiger partial charge in [0.25, 0.3) is 0 Å². The molecule has 5 aliphatic carbocycles. The number of Topliss-reactive ketones (excluding diaryl/α,β-unsaturated/α-hetero) is 1. The molecule has 10 atom stereocenters. The molecule has 1 N–H and O–H groups in total. The van der Waals surface area contributed by atoms with Gasteiger partial charge in [0.2, 0.25) is 0 Å². The largest absolute Gasteiger partial charge is 0.387 e. The average Bonchev–Trinajstić information content (AvgIpc) is 3.08. The van der Waals surface area contributed by atoms with E-state index < -0.39 is 5.60 Å². The lowest BCUT2D eigenvalue weighted by molar-refractivity contribution is -0.131. The topological polar surface area (TPSA) is 90.1 Å². The predicted molar refractivity (Wildman–Crippen MR) is 113 cm³/mol. The van der Waals surface area contributed by atoms with Crippen molar-refractivity contribution in [2.24, 2.45) is 46.8 Å². The molecule has 2 unspecified atom stereocenters. The molecular weight excluding hydrogens is 392 g/mol. The quantitative estimate of drug-likeness (QED) is 0.776. The number of ketones is 1. The maximum absolute atomic E-state index is 13.2. The van der Waals surface area contributed by atoms with E-state index in [2.05, 4.69) is 22.4 Å². The molecule has 1 aromatic heterocycles. The fraction of sp³-hybridized carbons (Fsp3) is 0.917. The molecule has 0 amide bonds. The van der Waals surface area contributed by atoms with Crippen LogP contribution in [0.1, 0.15) is 65.2 Å². The normalized spacial score (nSPS) is 50.2. The Balaban J connectivity index is 1.18. The molecule has 0 radical (unpaired) electrons. The number of hydrogen-bond acceptors (Lipinski definition) is 6. The highest BCUT2D eigenvalue weighted by Crippen LogP contribution is 2.69. The van der Waals surface area contributed by atoms with E-state index in [-0.39, 0.29) is 17.4 Å². The molecule has 0 aromatic carbocycles. The van der Waals surface area contributed by atoms with Crippen LogP contribution in [0.15, 0.2) is 6.33 Å². The third-order valence-corrected chi connectivity index (χ3v) is 10.5. The van der Waals surface area contributed by atoms with E-state index in [0.29, 0.717) is 36.7 Å². The van der Waals surface area contributed by atoms with E-state index >= 15 is 0 Å². The highest BCUT2D eigenvalue weighted by Gasteiger charge is 2.72. The lowest BCUT2D eigenvalue weighted by Crippen LogP contribution is -2.50. The minimum absolute atomic E-state index is 0.0812. The lowest BCUT2D eigenvalue weighted by atomic mass is 9.49. The summed E-state index contributed by atoms with van der Waals surface area (Å²) >= 11 is 0. The third-order valence-electron chi connectivity index (χ3n) is 10.5. The second-order valence-electron chi connectivity index (χ2n) is 11.4. The van der Waals surface area contributed by atoms with Gasteiger partial charge in [0, 0.05) is 18.4 Å². The maximum Gasteiger partial charge on any atom is 0.158 e. The molecule has 7 heteroatoms. The van der Waals surface area contributed by atoms with Gasteiger partial charge in [0.05, 0.1) is 11.7 Å². The molecule has 5 saturated carbocycles. The van der Waals surface area contributed by atoms with Crippen molar-refractivity contribution in [1.82, 2.24) is 20.2 Å². The van der Waals surface area contributed by atoms with Crippen LogP contribution in [-0.4, -0.2) is 49.4 Å². The summed E-state index contributed by atoms with van der Waals surface area (Å²) in [6, 6.07) is 0. The predicted octanol–water partition coefficient (Wildman–Crippen LogP) is 2.89. The standard InChI is InChI=1S/C24H36N4O3/c1-3-31-22-21-17-5-4-16-14(15(17)9-11-24(21,22)30)8-10-23(2)18(16)6-7-19(23)20(29)12-28-13-25-26-27-28/h13-19,21-22,30H,3-12H2,1-2H3/t14-,15-,16-,17-,18+,19-,21?,22?,23+,24-/m1/s1. The summed E-state index contributed by atoms with van der Waals surface area (Å²) in [7, 11) is 0. The second kappa shape index (κ2) is 7.08. The first-order chi connectivity index (χ1) is 15.0. The molecular formula is C24H36N4O3. The molecule has 170 valence electrons. The minimum atomic E-state index is -0.533. The number of carbonyl (C=O) groups is 1. The zero-order valence-electron chi connectivity index (χ0n) is 18.8. The molecule has 31 heavy (non-hydrogen) atoms. The van der Waals surface area contributed by atoms with Crippen molar-refractivity contribution in [3.8, 4) is 0 Å². The average molecular weight is 429 g/mol. The van der Waals surface area contributed by atoms with Gasteiger partial charge < -0.3 is 9.84 Å². The van der Waals surface area contributed by atoms with Crippen molar-refractivity contribution in [1.29, 1.82) is 0 Å². The summed E-state index contributed by atoms with van der Waals surface area (Å²) < 4.78 is 7.53. The number of hydrogen-bond donors (Lipinski definition) is 1. The van der Waals surface area contributed by atoms with Crippen LogP contribution in [0.4, 0.5) is 0 Å². The van der Waals surface area contributed by atoms with Gasteiger partial charge in [-0.25, -0.2) is 4.68 Å². The Labute approximate surface area is 184 Å². The summed E-state index contributed by atoms with van der Waals surface area (Å²) in [6.45, 7) is 5.45. The minimum Gasteiger partial charge on any atom is -0.387 e.